The van der Waals surface area contributed by atoms with Gasteiger partial charge >= 0.3 is 0 Å². The molecule has 26 heavy (non-hydrogen) atoms. The Labute approximate surface area is 155 Å². The summed E-state index contributed by atoms with van der Waals surface area (Å²) < 4.78 is 0. The summed E-state index contributed by atoms with van der Waals surface area (Å²) >= 11 is 0. The zero-order chi connectivity index (χ0) is 18.6. The SMILES string of the molecule is CC1(C)CC(=O)N(CCCC[NH+]2CCN(c3ncccn3)CC2)C(=O)C1. The van der Waals surface area contributed by atoms with E-state index in [1.807, 2.05) is 19.9 Å². The molecule has 1 aromatic heterocycles. The first-order valence-corrected chi connectivity index (χ1v) is 9.63. The normalized spacial score (nSPS) is 21.3. The molecule has 2 saturated heterocycles. The van der Waals surface area contributed by atoms with Crippen LogP contribution in [0.2, 0.25) is 0 Å². The number of carbonyl (C=O) groups excluding carboxylic acids is 2. The number of aromatic nitrogens is 2. The molecule has 7 heteroatoms. The molecule has 2 aliphatic rings. The maximum atomic E-state index is 12.2. The topological polar surface area (TPSA) is 70.8 Å². The van der Waals surface area contributed by atoms with E-state index in [1.165, 1.54) is 4.90 Å². The molecule has 0 bridgehead atoms. The minimum Gasteiger partial charge on any atom is -0.332 e. The van der Waals surface area contributed by atoms with Gasteiger partial charge in [0, 0.05) is 31.8 Å². The lowest BCUT2D eigenvalue weighted by atomic mass is 9.82. The molecule has 3 heterocycles. The summed E-state index contributed by atoms with van der Waals surface area (Å²) in [7, 11) is 0. The number of piperazine rings is 1. The van der Waals surface area contributed by atoms with Crippen molar-refractivity contribution in [3.05, 3.63) is 18.5 Å². The zero-order valence-electron chi connectivity index (χ0n) is 15.9. The molecule has 7 nitrogen and oxygen atoms in total. The lowest BCUT2D eigenvalue weighted by Gasteiger charge is -2.35. The third-order valence-corrected chi connectivity index (χ3v) is 5.33. The van der Waals surface area contributed by atoms with E-state index in [4.69, 9.17) is 0 Å². The Bertz CT molecular complexity index is 606. The highest BCUT2D eigenvalue weighted by Gasteiger charge is 2.36. The number of anilines is 1. The second kappa shape index (κ2) is 8.12. The first-order chi connectivity index (χ1) is 12.4. The average Bonchev–Trinajstić information content (AvgIpc) is 2.61. The molecule has 0 atom stereocenters. The highest BCUT2D eigenvalue weighted by molar-refractivity contribution is 5.98. The molecule has 2 aliphatic heterocycles. The van der Waals surface area contributed by atoms with Crippen LogP contribution < -0.4 is 9.80 Å². The van der Waals surface area contributed by atoms with Crippen molar-refractivity contribution in [1.82, 2.24) is 14.9 Å². The Balaban J connectivity index is 1.35. The van der Waals surface area contributed by atoms with E-state index in [0.29, 0.717) is 19.4 Å². The molecule has 2 fully saturated rings. The van der Waals surface area contributed by atoms with Crippen molar-refractivity contribution in [2.24, 2.45) is 5.41 Å². The molecule has 0 radical (unpaired) electrons. The number of carbonyl (C=O) groups is 2. The van der Waals surface area contributed by atoms with E-state index in [-0.39, 0.29) is 17.2 Å². The molecule has 0 saturated carbocycles. The van der Waals surface area contributed by atoms with Crippen LogP contribution in [0.5, 0.6) is 0 Å². The van der Waals surface area contributed by atoms with Gasteiger partial charge in [-0.1, -0.05) is 13.8 Å². The summed E-state index contributed by atoms with van der Waals surface area (Å²) in [5, 5.41) is 0. The summed E-state index contributed by atoms with van der Waals surface area (Å²) in [5.74, 6) is 0.807. The number of rotatable bonds is 6. The second-order valence-electron chi connectivity index (χ2n) is 8.20. The van der Waals surface area contributed by atoms with Crippen molar-refractivity contribution >= 4 is 17.8 Å². The molecule has 2 amide bonds. The van der Waals surface area contributed by atoms with Gasteiger partial charge in [-0.25, -0.2) is 9.97 Å². The lowest BCUT2D eigenvalue weighted by molar-refractivity contribution is -0.900. The fraction of sp³-hybridized carbons (Fsp3) is 0.684. The fourth-order valence-corrected chi connectivity index (χ4v) is 3.83. The summed E-state index contributed by atoms with van der Waals surface area (Å²) in [6, 6.07) is 1.84. The second-order valence-corrected chi connectivity index (χ2v) is 8.20. The van der Waals surface area contributed by atoms with Crippen molar-refractivity contribution in [2.45, 2.75) is 39.5 Å². The van der Waals surface area contributed by atoms with Crippen molar-refractivity contribution in [3.63, 3.8) is 0 Å². The van der Waals surface area contributed by atoms with Crippen LogP contribution in [0, 0.1) is 5.41 Å². The van der Waals surface area contributed by atoms with Crippen LogP contribution in [0.25, 0.3) is 0 Å². The van der Waals surface area contributed by atoms with Gasteiger partial charge in [0.05, 0.1) is 32.7 Å². The van der Waals surface area contributed by atoms with E-state index in [2.05, 4.69) is 14.9 Å². The van der Waals surface area contributed by atoms with Crippen LogP contribution in [0.4, 0.5) is 5.95 Å². The van der Waals surface area contributed by atoms with E-state index in [9.17, 15) is 9.59 Å². The molecule has 0 unspecified atom stereocenters. The first kappa shape index (κ1) is 18.8. The molecular formula is C19H30N5O2+. The van der Waals surface area contributed by atoms with Crippen LogP contribution in [0.3, 0.4) is 0 Å². The Hall–Kier alpha value is -2.02. The Kier molecular flexibility index (Phi) is 5.86. The van der Waals surface area contributed by atoms with Crippen LogP contribution >= 0.6 is 0 Å². The average molecular weight is 360 g/mol. The van der Waals surface area contributed by atoms with Crippen molar-refractivity contribution in [2.75, 3.05) is 44.2 Å². The molecular weight excluding hydrogens is 330 g/mol. The maximum Gasteiger partial charge on any atom is 0.229 e. The number of hydrogen-bond donors (Lipinski definition) is 1. The van der Waals surface area contributed by atoms with E-state index in [0.717, 1.165) is 51.5 Å². The smallest absolute Gasteiger partial charge is 0.229 e. The molecule has 1 aromatic rings. The molecule has 0 aliphatic carbocycles. The minimum atomic E-state index is -0.184. The number of quaternary nitrogens is 1. The Morgan fingerprint density at radius 3 is 2.27 bits per heavy atom. The third-order valence-electron chi connectivity index (χ3n) is 5.33. The fourth-order valence-electron chi connectivity index (χ4n) is 3.83. The number of unbranched alkanes of at least 4 members (excludes halogenated alkanes) is 1. The Morgan fingerprint density at radius 1 is 1.04 bits per heavy atom. The van der Waals surface area contributed by atoms with Gasteiger partial charge in [0.1, 0.15) is 0 Å². The third kappa shape index (κ3) is 4.78. The highest BCUT2D eigenvalue weighted by Crippen LogP contribution is 2.31. The van der Waals surface area contributed by atoms with Crippen LogP contribution in [0.15, 0.2) is 18.5 Å². The molecule has 3 rings (SSSR count). The first-order valence-electron chi connectivity index (χ1n) is 9.63. The van der Waals surface area contributed by atoms with Crippen LogP contribution in [-0.4, -0.2) is 66.0 Å². The predicted molar refractivity (Wildman–Crippen MR) is 98.8 cm³/mol. The predicted octanol–water partition coefficient (Wildman–Crippen LogP) is 0.137. The van der Waals surface area contributed by atoms with Gasteiger partial charge in [-0.15, -0.1) is 0 Å². The molecule has 0 spiro atoms. The number of amides is 2. The number of imide groups is 1. The maximum absolute atomic E-state index is 12.2. The van der Waals surface area contributed by atoms with E-state index < -0.39 is 0 Å². The number of hydrogen-bond acceptors (Lipinski definition) is 5. The minimum absolute atomic E-state index is 0.00456. The van der Waals surface area contributed by atoms with Gasteiger partial charge in [-0.05, 0) is 24.3 Å². The van der Waals surface area contributed by atoms with Crippen molar-refractivity contribution < 1.29 is 14.5 Å². The summed E-state index contributed by atoms with van der Waals surface area (Å²) in [4.78, 5) is 38.3. The largest absolute Gasteiger partial charge is 0.332 e. The monoisotopic (exact) mass is 360 g/mol. The van der Waals surface area contributed by atoms with Gasteiger partial charge in [0.15, 0.2) is 0 Å². The van der Waals surface area contributed by atoms with Gasteiger partial charge < -0.3 is 9.80 Å². The number of likely N-dealkylation sites (tertiary alicyclic amines) is 1. The molecule has 0 aromatic carbocycles. The summed E-state index contributed by atoms with van der Waals surface area (Å²) in [6.45, 7) is 9.74. The number of nitrogens with one attached hydrogen (secondary N) is 1. The van der Waals surface area contributed by atoms with Gasteiger partial charge in [0.2, 0.25) is 17.8 Å². The Morgan fingerprint density at radius 2 is 1.65 bits per heavy atom. The standard InChI is InChI=1S/C19H29N5O2/c1-19(2)14-16(25)24(17(26)15-19)9-4-3-8-22-10-12-23(13-11-22)18-20-6-5-7-21-18/h5-7H,3-4,8-15H2,1-2H3/p+1. The highest BCUT2D eigenvalue weighted by atomic mass is 16.2. The number of piperidine rings is 1. The summed E-state index contributed by atoms with van der Waals surface area (Å²) in [6.07, 6.45) is 6.46. The van der Waals surface area contributed by atoms with Gasteiger partial charge in [-0.3, -0.25) is 14.5 Å². The van der Waals surface area contributed by atoms with Gasteiger partial charge in [-0.2, -0.15) is 0 Å². The van der Waals surface area contributed by atoms with E-state index >= 15 is 0 Å². The molecule has 1 N–H and O–H groups in total. The quantitative estimate of drug-likeness (QED) is 0.577. The van der Waals surface area contributed by atoms with E-state index in [1.54, 1.807) is 17.3 Å². The van der Waals surface area contributed by atoms with Crippen molar-refractivity contribution in [3.8, 4) is 0 Å². The van der Waals surface area contributed by atoms with Crippen molar-refractivity contribution in [1.29, 1.82) is 0 Å². The van der Waals surface area contributed by atoms with Crippen LogP contribution in [-0.2, 0) is 9.59 Å². The lowest BCUT2D eigenvalue weighted by Crippen LogP contribution is -3.14. The van der Waals surface area contributed by atoms with Gasteiger partial charge in [0.25, 0.3) is 0 Å². The van der Waals surface area contributed by atoms with Crippen LogP contribution in [0.1, 0.15) is 39.5 Å². The zero-order valence-corrected chi connectivity index (χ0v) is 15.9. The molecule has 142 valence electrons. The summed E-state index contributed by atoms with van der Waals surface area (Å²) in [5.41, 5.74) is -0.184. The number of nitrogens with zero attached hydrogens (tertiary/aromatic N) is 4.